The number of sulfone groups is 1. The molecule has 0 saturated carbocycles. The molecule has 3 aromatic rings. The summed E-state index contributed by atoms with van der Waals surface area (Å²) in [5.74, 6) is -0.167. The van der Waals surface area contributed by atoms with Crippen LogP contribution in [0.15, 0.2) is 53.4 Å². The van der Waals surface area contributed by atoms with E-state index in [9.17, 15) is 13.2 Å². The van der Waals surface area contributed by atoms with Crippen LogP contribution in [0.1, 0.15) is 29.7 Å². The maximum absolute atomic E-state index is 12.7. The normalized spacial score (nSPS) is 13.3. The van der Waals surface area contributed by atoms with Crippen LogP contribution in [-0.4, -0.2) is 29.9 Å². The van der Waals surface area contributed by atoms with Gasteiger partial charge >= 0.3 is 0 Å². The molecule has 0 unspecified atom stereocenters. The Bertz CT molecular complexity index is 1220. The average Bonchev–Trinajstić information content (AvgIpc) is 3.32. The van der Waals surface area contributed by atoms with Gasteiger partial charge in [-0.25, -0.2) is 13.1 Å². The molecule has 1 aliphatic rings. The molecule has 1 amide bonds. The van der Waals surface area contributed by atoms with Crippen molar-refractivity contribution in [2.45, 2.75) is 37.5 Å². The van der Waals surface area contributed by atoms with Crippen LogP contribution >= 0.6 is 11.6 Å². The lowest BCUT2D eigenvalue weighted by molar-refractivity contribution is -0.115. The summed E-state index contributed by atoms with van der Waals surface area (Å²) in [7, 11) is -3.53. The fourth-order valence-corrected chi connectivity index (χ4v) is 5.16. The predicted octanol–water partition coefficient (Wildman–Crippen LogP) is 4.13. The van der Waals surface area contributed by atoms with E-state index in [0.717, 1.165) is 30.5 Å². The van der Waals surface area contributed by atoms with Gasteiger partial charge in [-0.2, -0.15) is 5.10 Å². The Morgan fingerprint density at radius 3 is 2.73 bits per heavy atom. The lowest BCUT2D eigenvalue weighted by Crippen LogP contribution is -2.19. The molecule has 1 heterocycles. The number of fused-ring (bicyclic) bond motifs is 1. The Hall–Kier alpha value is -2.64. The minimum Gasteiger partial charge on any atom is -0.311 e. The van der Waals surface area contributed by atoms with Crippen LogP contribution in [0.4, 0.5) is 5.82 Å². The summed E-state index contributed by atoms with van der Waals surface area (Å²) in [5.41, 5.74) is 3.74. The highest BCUT2D eigenvalue weighted by Crippen LogP contribution is 2.26. The Balaban J connectivity index is 1.45. The van der Waals surface area contributed by atoms with Crippen LogP contribution < -0.4 is 5.32 Å². The number of halogens is 1. The van der Waals surface area contributed by atoms with Crippen LogP contribution in [0.25, 0.3) is 5.69 Å². The van der Waals surface area contributed by atoms with E-state index >= 15 is 0 Å². The molecule has 0 saturated heterocycles. The first-order chi connectivity index (χ1) is 14.3. The van der Waals surface area contributed by atoms with Gasteiger partial charge in [0.2, 0.25) is 5.91 Å². The minimum atomic E-state index is -3.53. The second-order valence-electron chi connectivity index (χ2n) is 7.46. The van der Waals surface area contributed by atoms with Crippen molar-refractivity contribution in [1.29, 1.82) is 0 Å². The molecule has 0 bridgehead atoms. The third-order valence-electron chi connectivity index (χ3n) is 5.18. The Morgan fingerprint density at radius 1 is 1.13 bits per heavy atom. The molecule has 0 fully saturated rings. The topological polar surface area (TPSA) is 81.1 Å². The number of nitrogens with one attached hydrogen (secondary N) is 1. The van der Waals surface area contributed by atoms with Gasteiger partial charge in [0.25, 0.3) is 0 Å². The van der Waals surface area contributed by atoms with Gasteiger partial charge in [-0.1, -0.05) is 23.7 Å². The van der Waals surface area contributed by atoms with E-state index in [1.54, 1.807) is 41.1 Å². The number of carbonyl (C=O) groups is 1. The van der Waals surface area contributed by atoms with Crippen LogP contribution in [-0.2, 0) is 27.5 Å². The Labute approximate surface area is 180 Å². The first kappa shape index (κ1) is 20.6. The molecule has 1 N–H and O–H groups in total. The number of aromatic nitrogens is 2. The van der Waals surface area contributed by atoms with Gasteiger partial charge in [0.1, 0.15) is 5.82 Å². The van der Waals surface area contributed by atoms with E-state index in [4.69, 9.17) is 11.6 Å². The number of carbonyl (C=O) groups excluding carboxylic acids is 1. The van der Waals surface area contributed by atoms with Crippen LogP contribution in [0.5, 0.6) is 0 Å². The molecule has 30 heavy (non-hydrogen) atoms. The summed E-state index contributed by atoms with van der Waals surface area (Å²) in [5, 5.41) is 7.71. The molecule has 0 radical (unpaired) electrons. The van der Waals surface area contributed by atoms with Crippen LogP contribution in [0.2, 0.25) is 5.02 Å². The molecule has 1 aliphatic carbocycles. The van der Waals surface area contributed by atoms with Crippen molar-refractivity contribution in [2.24, 2.45) is 0 Å². The lowest BCUT2D eigenvalue weighted by atomic mass is 10.1. The molecule has 156 valence electrons. The summed E-state index contributed by atoms with van der Waals surface area (Å²) < 4.78 is 27.0. The number of anilines is 1. The number of rotatable bonds is 6. The van der Waals surface area contributed by atoms with Crippen molar-refractivity contribution in [2.75, 3.05) is 11.1 Å². The van der Waals surface area contributed by atoms with E-state index < -0.39 is 9.84 Å². The van der Waals surface area contributed by atoms with Gasteiger partial charge in [0, 0.05) is 17.5 Å². The van der Waals surface area contributed by atoms with Gasteiger partial charge in [0.05, 0.1) is 22.0 Å². The maximum Gasteiger partial charge on any atom is 0.226 e. The highest BCUT2D eigenvalue weighted by molar-refractivity contribution is 7.91. The van der Waals surface area contributed by atoms with Crippen molar-refractivity contribution in [3.05, 3.63) is 70.4 Å². The summed E-state index contributed by atoms with van der Waals surface area (Å²) in [6.45, 7) is 1.81. The van der Waals surface area contributed by atoms with E-state index in [1.807, 2.05) is 19.1 Å². The highest BCUT2D eigenvalue weighted by atomic mass is 35.5. The molecule has 1 aromatic heterocycles. The Morgan fingerprint density at radius 2 is 1.93 bits per heavy atom. The van der Waals surface area contributed by atoms with E-state index in [-0.39, 0.29) is 23.0 Å². The smallest absolute Gasteiger partial charge is 0.226 e. The third-order valence-corrected chi connectivity index (χ3v) is 7.13. The van der Waals surface area contributed by atoms with Crippen molar-refractivity contribution in [1.82, 2.24) is 9.78 Å². The minimum absolute atomic E-state index is 0.140. The van der Waals surface area contributed by atoms with Gasteiger partial charge < -0.3 is 5.32 Å². The fraction of sp³-hybridized carbons (Fsp3) is 0.273. The monoisotopic (exact) mass is 443 g/mol. The molecule has 0 spiro atoms. The van der Waals surface area contributed by atoms with Gasteiger partial charge in [-0.15, -0.1) is 0 Å². The van der Waals surface area contributed by atoms with Crippen molar-refractivity contribution < 1.29 is 13.2 Å². The van der Waals surface area contributed by atoms with Gasteiger partial charge in [-0.05, 0) is 67.6 Å². The molecule has 0 aliphatic heterocycles. The number of hydrogen-bond donors (Lipinski definition) is 1. The zero-order chi connectivity index (χ0) is 21.3. The summed E-state index contributed by atoms with van der Waals surface area (Å²) in [6.07, 6.45) is 2.82. The highest BCUT2D eigenvalue weighted by Gasteiger charge is 2.20. The molecular weight excluding hydrogens is 422 g/mol. The van der Waals surface area contributed by atoms with Gasteiger partial charge in [0.15, 0.2) is 9.84 Å². The van der Waals surface area contributed by atoms with E-state index in [2.05, 4.69) is 10.4 Å². The molecule has 2 aromatic carbocycles. The van der Waals surface area contributed by atoms with Crippen LogP contribution in [0, 0.1) is 6.92 Å². The SMILES string of the molecule is Cc1cc(NC(=O)CCS(=O)(=O)c2ccc3c(c2)CCC3)n(-c2cccc(Cl)c2)n1. The molecule has 4 rings (SSSR count). The summed E-state index contributed by atoms with van der Waals surface area (Å²) in [6, 6.07) is 14.1. The average molecular weight is 444 g/mol. The fourth-order valence-electron chi connectivity index (χ4n) is 3.69. The third kappa shape index (κ3) is 4.42. The first-order valence-electron chi connectivity index (χ1n) is 9.79. The number of nitrogens with zero attached hydrogens (tertiary/aromatic N) is 2. The zero-order valence-electron chi connectivity index (χ0n) is 16.6. The van der Waals surface area contributed by atoms with E-state index in [0.29, 0.717) is 16.5 Å². The van der Waals surface area contributed by atoms with Gasteiger partial charge in [-0.3, -0.25) is 4.79 Å². The lowest BCUT2D eigenvalue weighted by Gasteiger charge is -2.10. The quantitative estimate of drug-likeness (QED) is 0.621. The summed E-state index contributed by atoms with van der Waals surface area (Å²) in [4.78, 5) is 12.8. The summed E-state index contributed by atoms with van der Waals surface area (Å²) >= 11 is 6.06. The van der Waals surface area contributed by atoms with Crippen molar-refractivity contribution in [3.8, 4) is 5.69 Å². The Kier molecular flexibility index (Phi) is 5.66. The largest absolute Gasteiger partial charge is 0.311 e. The zero-order valence-corrected chi connectivity index (χ0v) is 18.1. The van der Waals surface area contributed by atoms with E-state index in [1.165, 1.54) is 5.56 Å². The molecule has 6 nitrogen and oxygen atoms in total. The standard InChI is InChI=1S/C22H22ClN3O3S/c1-15-12-21(26(25-15)19-7-3-6-18(23)14-19)24-22(27)10-11-30(28,29)20-9-8-16-4-2-5-17(16)13-20/h3,6-9,12-14H,2,4-5,10-11H2,1H3,(H,24,27). The van der Waals surface area contributed by atoms with Crippen LogP contribution in [0.3, 0.4) is 0 Å². The van der Waals surface area contributed by atoms with Crippen molar-refractivity contribution >= 4 is 33.2 Å². The number of aryl methyl sites for hydroxylation is 3. The predicted molar refractivity (Wildman–Crippen MR) is 117 cm³/mol. The number of amides is 1. The first-order valence-corrected chi connectivity index (χ1v) is 11.8. The molecular formula is C22H22ClN3O3S. The maximum atomic E-state index is 12.7. The second kappa shape index (κ2) is 8.24. The van der Waals surface area contributed by atoms with Crippen molar-refractivity contribution in [3.63, 3.8) is 0 Å². The second-order valence-corrected chi connectivity index (χ2v) is 10.0. The molecule has 8 heteroatoms. The number of hydrogen-bond acceptors (Lipinski definition) is 4. The number of benzene rings is 2. The molecule has 0 atom stereocenters.